The average molecular weight is 267 g/mol. The van der Waals surface area contributed by atoms with E-state index in [9.17, 15) is 4.79 Å². The van der Waals surface area contributed by atoms with Crippen molar-refractivity contribution in [3.63, 3.8) is 0 Å². The highest BCUT2D eigenvalue weighted by Gasteiger charge is 2.09. The molecule has 0 aliphatic rings. The van der Waals surface area contributed by atoms with Crippen molar-refractivity contribution >= 4 is 18.1 Å². The highest BCUT2D eigenvalue weighted by Crippen LogP contribution is 2.08. The fraction of sp³-hybridized carbons (Fsp3) is 0.429. The Hall–Kier alpha value is -1.35. The van der Waals surface area contributed by atoms with Gasteiger partial charge in [-0.3, -0.25) is 9.20 Å². The Labute approximate surface area is 113 Å². The van der Waals surface area contributed by atoms with Gasteiger partial charge in [0.2, 0.25) is 0 Å². The van der Waals surface area contributed by atoms with Crippen LogP contribution in [0.5, 0.6) is 0 Å². The van der Waals surface area contributed by atoms with Gasteiger partial charge in [0.15, 0.2) is 0 Å². The van der Waals surface area contributed by atoms with Crippen LogP contribution in [0.1, 0.15) is 36.7 Å². The quantitative estimate of drug-likeness (QED) is 0.856. The molecule has 0 bridgehead atoms. The summed E-state index contributed by atoms with van der Waals surface area (Å²) in [4.78, 5) is 16.9. The molecular formula is C14H19ClN2O. The zero-order valence-electron chi connectivity index (χ0n) is 11.1. The highest BCUT2D eigenvalue weighted by molar-refractivity contribution is 5.85. The van der Waals surface area contributed by atoms with Crippen LogP contribution in [0.15, 0.2) is 23.0 Å². The molecule has 0 fully saturated rings. The predicted molar refractivity (Wildman–Crippen MR) is 76.8 cm³/mol. The minimum atomic E-state index is 0. The van der Waals surface area contributed by atoms with Crippen LogP contribution in [0.25, 0.3) is 5.65 Å². The van der Waals surface area contributed by atoms with Gasteiger partial charge in [-0.1, -0.05) is 19.4 Å². The molecule has 0 spiro atoms. The number of aromatic nitrogens is 2. The molecule has 0 aliphatic carbocycles. The Morgan fingerprint density at radius 2 is 2.00 bits per heavy atom. The molecule has 0 aliphatic heterocycles. The van der Waals surface area contributed by atoms with Crippen molar-refractivity contribution < 1.29 is 0 Å². The van der Waals surface area contributed by atoms with E-state index in [0.29, 0.717) is 0 Å². The summed E-state index contributed by atoms with van der Waals surface area (Å²) in [7, 11) is 0. The molecule has 0 unspecified atom stereocenters. The van der Waals surface area contributed by atoms with Crippen molar-refractivity contribution in [2.24, 2.45) is 0 Å². The zero-order chi connectivity index (χ0) is 12.4. The maximum Gasteiger partial charge on any atom is 0.261 e. The molecule has 2 rings (SSSR count). The summed E-state index contributed by atoms with van der Waals surface area (Å²) < 4.78 is 1.71. The van der Waals surface area contributed by atoms with E-state index in [4.69, 9.17) is 0 Å². The van der Waals surface area contributed by atoms with Crippen molar-refractivity contribution in [3.8, 4) is 0 Å². The topological polar surface area (TPSA) is 34.4 Å². The molecule has 0 atom stereocenters. The smallest absolute Gasteiger partial charge is 0.261 e. The van der Waals surface area contributed by atoms with Crippen molar-refractivity contribution in [1.82, 2.24) is 9.38 Å². The van der Waals surface area contributed by atoms with Crippen LogP contribution < -0.4 is 5.56 Å². The summed E-state index contributed by atoms with van der Waals surface area (Å²) in [5, 5.41) is 0. The summed E-state index contributed by atoms with van der Waals surface area (Å²) in [5.74, 6) is 0. The summed E-state index contributed by atoms with van der Waals surface area (Å²) in [6, 6.07) is 5.75. The zero-order valence-corrected chi connectivity index (χ0v) is 11.9. The lowest BCUT2D eigenvalue weighted by Gasteiger charge is -2.09. The van der Waals surface area contributed by atoms with E-state index in [2.05, 4.69) is 11.9 Å². The molecule has 2 aromatic rings. The van der Waals surface area contributed by atoms with E-state index in [-0.39, 0.29) is 18.0 Å². The summed E-state index contributed by atoms with van der Waals surface area (Å²) in [6.07, 6.45) is 2.95. The largest absolute Gasteiger partial charge is 0.269 e. The predicted octanol–water partition coefficient (Wildman–Crippen LogP) is 3.08. The van der Waals surface area contributed by atoms with E-state index in [0.717, 1.165) is 41.9 Å². The van der Waals surface area contributed by atoms with Crippen molar-refractivity contribution in [3.05, 3.63) is 45.5 Å². The Kier molecular flexibility index (Phi) is 4.91. The summed E-state index contributed by atoms with van der Waals surface area (Å²) in [6.45, 7) is 6.00. The van der Waals surface area contributed by atoms with Crippen LogP contribution in [0.3, 0.4) is 0 Å². The lowest BCUT2D eigenvalue weighted by molar-refractivity contribution is 0.768. The standard InChI is InChI=1S/C14H18N2O.ClH/c1-4-5-8-12-11(3)15-13-9-6-7-10(2)16(13)14(12)17;/h6-7,9H,4-5,8H2,1-3H3;1H. The maximum atomic E-state index is 12.4. The van der Waals surface area contributed by atoms with Crippen molar-refractivity contribution in [2.45, 2.75) is 40.0 Å². The van der Waals surface area contributed by atoms with Crippen molar-refractivity contribution in [2.75, 3.05) is 0 Å². The second-order valence-corrected chi connectivity index (χ2v) is 4.45. The first-order chi connectivity index (χ1) is 8.15. The molecule has 0 saturated carbocycles. The van der Waals surface area contributed by atoms with Gasteiger partial charge in [-0.05, 0) is 38.8 Å². The molecule has 3 nitrogen and oxygen atoms in total. The third-order valence-electron chi connectivity index (χ3n) is 3.13. The van der Waals surface area contributed by atoms with Gasteiger partial charge in [-0.15, -0.1) is 12.4 Å². The number of fused-ring (bicyclic) bond motifs is 1. The molecule has 98 valence electrons. The molecule has 0 radical (unpaired) electrons. The van der Waals surface area contributed by atoms with Crippen LogP contribution in [0.4, 0.5) is 0 Å². The van der Waals surface area contributed by atoms with Gasteiger partial charge in [-0.2, -0.15) is 0 Å². The lowest BCUT2D eigenvalue weighted by atomic mass is 10.1. The second-order valence-electron chi connectivity index (χ2n) is 4.45. The number of pyridine rings is 1. The van der Waals surface area contributed by atoms with Crippen LogP contribution in [0, 0.1) is 13.8 Å². The van der Waals surface area contributed by atoms with Crippen LogP contribution in [-0.4, -0.2) is 9.38 Å². The average Bonchev–Trinajstić information content (AvgIpc) is 2.28. The van der Waals surface area contributed by atoms with E-state index in [1.165, 1.54) is 0 Å². The van der Waals surface area contributed by atoms with Gasteiger partial charge in [0.05, 0.1) is 0 Å². The Balaban J connectivity index is 0.00000162. The first-order valence-corrected chi connectivity index (χ1v) is 6.13. The van der Waals surface area contributed by atoms with Gasteiger partial charge in [0.25, 0.3) is 5.56 Å². The number of unbranched alkanes of at least 4 members (excludes halogenated alkanes) is 1. The number of hydrogen-bond donors (Lipinski definition) is 0. The number of nitrogens with zero attached hydrogens (tertiary/aromatic N) is 2. The minimum Gasteiger partial charge on any atom is -0.269 e. The first-order valence-electron chi connectivity index (χ1n) is 6.13. The van der Waals surface area contributed by atoms with E-state index in [1.54, 1.807) is 4.40 Å². The minimum absolute atomic E-state index is 0. The number of rotatable bonds is 3. The van der Waals surface area contributed by atoms with Gasteiger partial charge in [0, 0.05) is 17.0 Å². The van der Waals surface area contributed by atoms with Gasteiger partial charge >= 0.3 is 0 Å². The molecule has 0 N–H and O–H groups in total. The van der Waals surface area contributed by atoms with Gasteiger partial charge in [0.1, 0.15) is 5.65 Å². The first kappa shape index (κ1) is 14.7. The fourth-order valence-electron chi connectivity index (χ4n) is 2.13. The SMILES string of the molecule is CCCCc1c(C)nc2cccc(C)n2c1=O.Cl. The van der Waals surface area contributed by atoms with E-state index < -0.39 is 0 Å². The van der Waals surface area contributed by atoms with Crippen LogP contribution in [0.2, 0.25) is 0 Å². The molecule has 2 heterocycles. The van der Waals surface area contributed by atoms with Crippen LogP contribution >= 0.6 is 12.4 Å². The summed E-state index contributed by atoms with van der Waals surface area (Å²) >= 11 is 0. The Bertz CT molecular complexity index is 605. The molecule has 0 amide bonds. The number of aryl methyl sites for hydroxylation is 2. The third kappa shape index (κ3) is 2.56. The molecular weight excluding hydrogens is 248 g/mol. The maximum absolute atomic E-state index is 12.4. The third-order valence-corrected chi connectivity index (χ3v) is 3.13. The van der Waals surface area contributed by atoms with Gasteiger partial charge in [-0.25, -0.2) is 4.98 Å². The monoisotopic (exact) mass is 266 g/mol. The van der Waals surface area contributed by atoms with E-state index in [1.807, 2.05) is 32.0 Å². The van der Waals surface area contributed by atoms with Gasteiger partial charge < -0.3 is 0 Å². The van der Waals surface area contributed by atoms with E-state index >= 15 is 0 Å². The fourth-order valence-corrected chi connectivity index (χ4v) is 2.13. The van der Waals surface area contributed by atoms with Crippen LogP contribution in [-0.2, 0) is 6.42 Å². The van der Waals surface area contributed by atoms with Crippen molar-refractivity contribution in [1.29, 1.82) is 0 Å². The molecule has 2 aromatic heterocycles. The normalized spacial score (nSPS) is 10.4. The number of hydrogen-bond acceptors (Lipinski definition) is 2. The Morgan fingerprint density at radius 3 is 2.67 bits per heavy atom. The Morgan fingerprint density at radius 1 is 1.28 bits per heavy atom. The summed E-state index contributed by atoms with van der Waals surface area (Å²) in [5.41, 5.74) is 3.51. The highest BCUT2D eigenvalue weighted by atomic mass is 35.5. The molecule has 4 heteroatoms. The lowest BCUT2D eigenvalue weighted by Crippen LogP contribution is -2.23. The second kappa shape index (κ2) is 6.01. The number of halogens is 1. The molecule has 0 saturated heterocycles. The molecule has 0 aromatic carbocycles. The molecule has 18 heavy (non-hydrogen) atoms.